The van der Waals surface area contributed by atoms with E-state index >= 15 is 0 Å². The van der Waals surface area contributed by atoms with Gasteiger partial charge in [0, 0.05) is 37.6 Å². The summed E-state index contributed by atoms with van der Waals surface area (Å²) in [4.78, 5) is 40.7. The summed E-state index contributed by atoms with van der Waals surface area (Å²) in [6, 6.07) is 5.83. The first-order chi connectivity index (χ1) is 15.5. The third-order valence-electron chi connectivity index (χ3n) is 2.22. The smallest absolute Gasteiger partial charge is 1.00 e. The van der Waals surface area contributed by atoms with E-state index in [0.29, 0.717) is 10.0 Å². The van der Waals surface area contributed by atoms with Crippen LogP contribution in [0.4, 0.5) is 0 Å². The molecule has 2 aromatic rings. The summed E-state index contributed by atoms with van der Waals surface area (Å²) in [6.07, 6.45) is 2.78. The van der Waals surface area contributed by atoms with E-state index in [1.54, 1.807) is 11.4 Å². The molecule has 0 spiro atoms. The monoisotopic (exact) mass is 574 g/mol. The normalized spacial score (nSPS) is 10.5. The number of rotatable bonds is 3. The summed E-state index contributed by atoms with van der Waals surface area (Å²) in [6.45, 7) is -4.94. The molecular formula is C17H26Cl4N4Na2O6. The Balaban J connectivity index is -0.0000000595. The van der Waals surface area contributed by atoms with Crippen LogP contribution in [0.1, 0.15) is 38.1 Å². The average Bonchev–Trinajstić information content (AvgIpc) is 2.71. The summed E-state index contributed by atoms with van der Waals surface area (Å²) in [5.74, 6) is -1.25. The van der Waals surface area contributed by atoms with Crippen molar-refractivity contribution in [1.82, 2.24) is 15.3 Å². The van der Waals surface area contributed by atoms with E-state index < -0.39 is 25.8 Å². The first kappa shape index (κ1) is 32.8. The van der Waals surface area contributed by atoms with E-state index in [4.69, 9.17) is 41.5 Å². The fraction of sp³-hybridized carbons (Fsp3) is 0.235. The molecule has 0 bridgehead atoms. The number of carbonyl (C=O) groups excluding carboxylic acids is 3. The van der Waals surface area contributed by atoms with E-state index in [9.17, 15) is 9.59 Å². The molecule has 1 amide bonds. The van der Waals surface area contributed by atoms with E-state index in [0.717, 1.165) is 0 Å². The van der Waals surface area contributed by atoms with Gasteiger partial charge < -0.3 is 27.4 Å². The maximum absolute atomic E-state index is 11.2. The molecule has 2 rings (SSSR count). The fourth-order valence-electron chi connectivity index (χ4n) is 1.21. The van der Waals surface area contributed by atoms with Crippen molar-refractivity contribution in [3.63, 3.8) is 0 Å². The Morgan fingerprint density at radius 1 is 1.15 bits per heavy atom. The second kappa shape index (κ2) is 34.0. The Hall–Kier alpha value is -0.210. The van der Waals surface area contributed by atoms with Gasteiger partial charge in [0.25, 0.3) is 12.4 Å². The molecule has 10 nitrogen and oxygen atoms in total. The van der Waals surface area contributed by atoms with Gasteiger partial charge >= 0.3 is 65.1 Å². The van der Waals surface area contributed by atoms with Gasteiger partial charge in [0.2, 0.25) is 0 Å². The van der Waals surface area contributed by atoms with Crippen molar-refractivity contribution >= 4 is 66.4 Å². The molecule has 0 aromatic carbocycles. The number of aromatic nitrogens is 2. The molecule has 0 fully saturated rings. The van der Waals surface area contributed by atoms with Gasteiger partial charge in [-0.15, -0.1) is 24.8 Å². The van der Waals surface area contributed by atoms with Crippen LogP contribution in [0.15, 0.2) is 36.7 Å². The third kappa shape index (κ3) is 26.2. The number of ether oxygens (including phenoxy) is 1. The number of methoxy groups -OCH3 is 1. The molecule has 0 radical (unpaired) electrons. The van der Waals surface area contributed by atoms with Crippen molar-refractivity contribution in [2.45, 2.75) is 7.43 Å². The van der Waals surface area contributed by atoms with Crippen LogP contribution < -0.4 is 75.4 Å². The molecule has 2 heterocycles. The molecule has 2 aromatic heterocycles. The SMILES string of the molecule is C.COC(=O)c1cc(Cl)ccn1.Cl.Cl.O=CO[O-].[2H]C([2H])([2H])N.[2H]C([2H])([2H])NC(=O)c1cc(Cl)ccn1.[H-].[Na+].[Na+]. The standard InChI is InChI=1S/C7H7ClN2O.C7H6ClNO2.CH5N.CH2O3.CH4.2ClH.2Na.H/c1-9-7(11)6-4-5(8)2-3-10-6;1-11-7(10)6-4-5(8)2-3-9-6;1-2;2-1-4-3;;;;;;/h2-4H,1H3,(H,9,11);2-4H,1H3;2H2,1H3;1,3H;1H4;2*1H;;;/q;;;;;;;2*+1;-1/p-1/i1D3;;1D3;;;;;;;. The Morgan fingerprint density at radius 2 is 1.55 bits per heavy atom. The average molecular weight is 576 g/mol. The molecule has 16 heteroatoms. The summed E-state index contributed by atoms with van der Waals surface area (Å²) in [5.41, 5.74) is 4.56. The van der Waals surface area contributed by atoms with Crippen LogP contribution in [0.2, 0.25) is 10.0 Å². The summed E-state index contributed by atoms with van der Waals surface area (Å²) >= 11 is 11.2. The van der Waals surface area contributed by atoms with Gasteiger partial charge in [-0.1, -0.05) is 30.6 Å². The van der Waals surface area contributed by atoms with Gasteiger partial charge in [-0.2, -0.15) is 0 Å². The number of nitrogens with two attached hydrogens (primary N) is 1. The molecule has 180 valence electrons. The number of nitrogens with zero attached hydrogens (tertiary/aromatic N) is 2. The summed E-state index contributed by atoms with van der Waals surface area (Å²) < 4.78 is 43.0. The zero-order valence-corrected chi connectivity index (χ0v) is 24.2. The van der Waals surface area contributed by atoms with Gasteiger partial charge in [0.05, 0.1) is 7.11 Å². The molecule has 0 aliphatic heterocycles. The maximum Gasteiger partial charge on any atom is 1.00 e. The van der Waals surface area contributed by atoms with Crippen LogP contribution in [0.25, 0.3) is 0 Å². The van der Waals surface area contributed by atoms with Crippen LogP contribution in [0, 0.1) is 0 Å². The summed E-state index contributed by atoms with van der Waals surface area (Å²) in [5, 5.41) is 11.0. The Morgan fingerprint density at radius 3 is 1.88 bits per heavy atom. The molecule has 0 unspecified atom stereocenters. The van der Waals surface area contributed by atoms with Gasteiger partial charge in [-0.05, 0) is 31.2 Å². The Kier molecular flexibility index (Phi) is 33.7. The van der Waals surface area contributed by atoms with Crippen LogP contribution in [-0.4, -0.2) is 49.4 Å². The zero-order valence-electron chi connectivity index (χ0n) is 24.0. The molecule has 33 heavy (non-hydrogen) atoms. The van der Waals surface area contributed by atoms with E-state index in [1.807, 2.05) is 0 Å². The van der Waals surface area contributed by atoms with Gasteiger partial charge in [0.15, 0.2) is 0 Å². The third-order valence-corrected chi connectivity index (χ3v) is 2.69. The largest absolute Gasteiger partial charge is 1.00 e. The minimum atomic E-state index is -2.51. The first-order valence-corrected chi connectivity index (χ1v) is 7.44. The molecule has 3 N–H and O–H groups in total. The van der Waals surface area contributed by atoms with E-state index in [-0.39, 0.29) is 111 Å². The van der Waals surface area contributed by atoms with E-state index in [2.05, 4.69) is 25.3 Å². The molecule has 0 saturated carbocycles. The van der Waals surface area contributed by atoms with Crippen LogP contribution in [0.5, 0.6) is 0 Å². The number of hydrogen-bond acceptors (Lipinski definition) is 9. The quantitative estimate of drug-likeness (QED) is 0.123. The number of nitrogens with one attached hydrogen (secondary N) is 1. The Labute approximate surface area is 269 Å². The molecule has 0 atom stereocenters. The number of carbonyl (C=O) groups is 3. The van der Waals surface area contributed by atoms with Crippen molar-refractivity contribution < 1.29 is 98.0 Å². The second-order valence-corrected chi connectivity index (χ2v) is 4.73. The number of hydrogen-bond donors (Lipinski definition) is 2. The minimum Gasteiger partial charge on any atom is -1.00 e. The Bertz CT molecular complexity index is 934. The van der Waals surface area contributed by atoms with Gasteiger partial charge in [-0.3, -0.25) is 14.6 Å². The molecule has 0 aliphatic carbocycles. The number of amides is 1. The predicted octanol–water partition coefficient (Wildman–Crippen LogP) is -3.77. The molecular weight excluding hydrogens is 544 g/mol. The molecule has 0 saturated heterocycles. The fourth-order valence-corrected chi connectivity index (χ4v) is 1.53. The van der Waals surface area contributed by atoms with Gasteiger partial charge in [0.1, 0.15) is 11.4 Å². The van der Waals surface area contributed by atoms with Crippen molar-refractivity contribution in [2.24, 2.45) is 5.73 Å². The number of esters is 1. The number of pyridine rings is 2. The van der Waals surface area contributed by atoms with Crippen molar-refractivity contribution in [2.75, 3.05) is 21.1 Å². The molecule has 0 aliphatic rings. The van der Waals surface area contributed by atoms with Crippen LogP contribution in [-0.2, 0) is 14.4 Å². The first-order valence-electron chi connectivity index (χ1n) is 9.69. The maximum atomic E-state index is 11.2. The zero-order chi connectivity index (χ0) is 26.9. The van der Waals surface area contributed by atoms with Crippen molar-refractivity contribution in [3.05, 3.63) is 58.1 Å². The van der Waals surface area contributed by atoms with Crippen molar-refractivity contribution in [3.8, 4) is 0 Å². The van der Waals surface area contributed by atoms with Crippen LogP contribution in [0.3, 0.4) is 0 Å². The number of halogens is 4. The topological polar surface area (TPSA) is 157 Å². The van der Waals surface area contributed by atoms with Gasteiger partial charge in [-0.25, -0.2) is 9.78 Å². The van der Waals surface area contributed by atoms with Crippen molar-refractivity contribution in [1.29, 1.82) is 0 Å². The predicted molar refractivity (Wildman–Crippen MR) is 123 cm³/mol. The second-order valence-electron chi connectivity index (χ2n) is 3.86. The minimum absolute atomic E-state index is 0. The van der Waals surface area contributed by atoms with Crippen LogP contribution >= 0.6 is 48.0 Å². The van der Waals surface area contributed by atoms with E-state index in [1.165, 1.54) is 37.7 Å². The summed E-state index contributed by atoms with van der Waals surface area (Å²) in [7, 11) is 1.30.